The van der Waals surface area contributed by atoms with Crippen molar-refractivity contribution in [1.82, 2.24) is 14.1 Å². The topological polar surface area (TPSA) is 35.1 Å². The summed E-state index contributed by atoms with van der Waals surface area (Å²) < 4.78 is 18.7. The van der Waals surface area contributed by atoms with Gasteiger partial charge in [0.2, 0.25) is 0 Å². The first-order valence-corrected chi connectivity index (χ1v) is 11.0. The van der Waals surface area contributed by atoms with Crippen molar-refractivity contribution >= 4 is 17.0 Å². The largest absolute Gasteiger partial charge is 0.337 e. The maximum Gasteiger partial charge on any atom is 0.190 e. The Balaban J connectivity index is 1.69. The van der Waals surface area contributed by atoms with Crippen LogP contribution in [0.3, 0.4) is 0 Å². The van der Waals surface area contributed by atoms with Crippen LogP contribution in [0.1, 0.15) is 31.7 Å². The molecule has 0 aliphatic rings. The molecular weight excluding hydrogens is 395 g/mol. The third kappa shape index (κ3) is 4.60. The molecule has 4 aromatic rings. The zero-order chi connectivity index (χ0) is 20.9. The molecule has 0 amide bonds. The lowest BCUT2D eigenvalue weighted by Crippen LogP contribution is -2.17. The van der Waals surface area contributed by atoms with Crippen LogP contribution in [0.25, 0.3) is 11.3 Å². The number of aromatic nitrogens is 3. The third-order valence-electron chi connectivity index (χ3n) is 5.09. The summed E-state index contributed by atoms with van der Waals surface area (Å²) in [4.78, 5) is 9.84. The van der Waals surface area contributed by atoms with Crippen molar-refractivity contribution in [3.63, 3.8) is 0 Å². The van der Waals surface area contributed by atoms with Crippen LogP contribution >= 0.6 is 11.3 Å². The van der Waals surface area contributed by atoms with Crippen molar-refractivity contribution in [3.8, 4) is 11.3 Å². The van der Waals surface area contributed by atoms with Crippen LogP contribution in [0.2, 0.25) is 0 Å². The molecule has 0 aliphatic heterocycles. The first kappa shape index (κ1) is 20.3. The van der Waals surface area contributed by atoms with Crippen molar-refractivity contribution < 1.29 is 4.39 Å². The van der Waals surface area contributed by atoms with Crippen LogP contribution in [-0.2, 0) is 13.1 Å². The summed E-state index contributed by atoms with van der Waals surface area (Å²) in [5.74, 6) is 0.271. The third-order valence-corrected chi connectivity index (χ3v) is 5.95. The number of rotatable bonds is 7. The minimum Gasteiger partial charge on any atom is -0.337 e. The van der Waals surface area contributed by atoms with E-state index in [1.165, 1.54) is 11.6 Å². The molecule has 4 nitrogen and oxygen atoms in total. The molecule has 0 saturated carbocycles. The number of halogens is 1. The lowest BCUT2D eigenvalue weighted by Gasteiger charge is -2.10. The number of aryl methyl sites for hydroxylation is 1. The SMILES string of the molecule is CC(C)c1ccc(N=c2scc(-c3ccccc3F)n2CCCn2ccnc2)cc1. The van der Waals surface area contributed by atoms with Crippen LogP contribution in [-0.4, -0.2) is 14.1 Å². The zero-order valence-electron chi connectivity index (χ0n) is 17.2. The first-order valence-electron chi connectivity index (χ1n) is 10.2. The molecule has 0 spiro atoms. The second-order valence-corrected chi connectivity index (χ2v) is 8.38. The van der Waals surface area contributed by atoms with Crippen molar-refractivity contribution in [2.75, 3.05) is 0 Å². The van der Waals surface area contributed by atoms with Gasteiger partial charge < -0.3 is 9.13 Å². The van der Waals surface area contributed by atoms with Gasteiger partial charge in [-0.15, -0.1) is 11.3 Å². The Morgan fingerprint density at radius 1 is 1.07 bits per heavy atom. The molecule has 2 aromatic carbocycles. The van der Waals surface area contributed by atoms with E-state index < -0.39 is 0 Å². The van der Waals surface area contributed by atoms with Crippen molar-refractivity contribution in [2.24, 2.45) is 4.99 Å². The summed E-state index contributed by atoms with van der Waals surface area (Å²) in [5, 5.41) is 2.00. The lowest BCUT2D eigenvalue weighted by atomic mass is 10.0. The minimum absolute atomic E-state index is 0.216. The second kappa shape index (κ2) is 9.22. The number of hydrogen-bond donors (Lipinski definition) is 0. The number of hydrogen-bond acceptors (Lipinski definition) is 3. The number of imidazole rings is 1. The van der Waals surface area contributed by atoms with Gasteiger partial charge in [0.1, 0.15) is 5.82 Å². The Labute approximate surface area is 180 Å². The van der Waals surface area contributed by atoms with E-state index in [9.17, 15) is 4.39 Å². The Bertz CT molecular complexity index is 1150. The van der Waals surface area contributed by atoms with Gasteiger partial charge in [-0.25, -0.2) is 14.4 Å². The monoisotopic (exact) mass is 420 g/mol. The summed E-state index contributed by atoms with van der Waals surface area (Å²) in [6.45, 7) is 5.96. The van der Waals surface area contributed by atoms with Crippen molar-refractivity contribution in [1.29, 1.82) is 0 Å². The minimum atomic E-state index is -0.216. The highest BCUT2D eigenvalue weighted by atomic mass is 32.1. The summed E-state index contributed by atoms with van der Waals surface area (Å²) >= 11 is 1.54. The zero-order valence-corrected chi connectivity index (χ0v) is 18.0. The lowest BCUT2D eigenvalue weighted by molar-refractivity contribution is 0.557. The molecule has 0 N–H and O–H groups in total. The molecule has 2 heterocycles. The summed E-state index contributed by atoms with van der Waals surface area (Å²) in [6.07, 6.45) is 6.45. The van der Waals surface area contributed by atoms with Crippen LogP contribution in [0.5, 0.6) is 0 Å². The molecule has 30 heavy (non-hydrogen) atoms. The quantitative estimate of drug-likeness (QED) is 0.361. The highest BCUT2D eigenvalue weighted by molar-refractivity contribution is 7.07. The highest BCUT2D eigenvalue weighted by Crippen LogP contribution is 2.24. The molecular formula is C24H25FN4S. The molecule has 0 aliphatic carbocycles. The van der Waals surface area contributed by atoms with Gasteiger partial charge >= 0.3 is 0 Å². The number of thiazole rings is 1. The van der Waals surface area contributed by atoms with E-state index in [0.717, 1.165) is 35.7 Å². The van der Waals surface area contributed by atoms with Gasteiger partial charge in [0.15, 0.2) is 4.80 Å². The molecule has 0 unspecified atom stereocenters. The fraction of sp³-hybridized carbons (Fsp3) is 0.250. The first-order chi connectivity index (χ1) is 14.6. The second-order valence-electron chi connectivity index (χ2n) is 7.55. The summed E-state index contributed by atoms with van der Waals surface area (Å²) in [7, 11) is 0. The van der Waals surface area contributed by atoms with Gasteiger partial charge in [-0.3, -0.25) is 0 Å². The van der Waals surface area contributed by atoms with Crippen LogP contribution in [0.15, 0.2) is 77.6 Å². The molecule has 0 atom stereocenters. The van der Waals surface area contributed by atoms with Crippen LogP contribution in [0.4, 0.5) is 10.1 Å². The Morgan fingerprint density at radius 3 is 2.57 bits per heavy atom. The maximum absolute atomic E-state index is 14.5. The van der Waals surface area contributed by atoms with Gasteiger partial charge in [0.05, 0.1) is 17.7 Å². The van der Waals surface area contributed by atoms with Gasteiger partial charge in [-0.05, 0) is 42.2 Å². The predicted octanol–water partition coefficient (Wildman–Crippen LogP) is 6.00. The van der Waals surface area contributed by atoms with Crippen molar-refractivity contribution in [3.05, 3.63) is 88.8 Å². The van der Waals surface area contributed by atoms with Gasteiger partial charge in [-0.2, -0.15) is 0 Å². The van der Waals surface area contributed by atoms with E-state index >= 15 is 0 Å². The van der Waals surface area contributed by atoms with Gasteiger partial charge in [0.25, 0.3) is 0 Å². The Hall–Kier alpha value is -2.99. The van der Waals surface area contributed by atoms with E-state index in [4.69, 9.17) is 4.99 Å². The fourth-order valence-electron chi connectivity index (χ4n) is 3.39. The molecule has 154 valence electrons. The van der Waals surface area contributed by atoms with Crippen LogP contribution < -0.4 is 4.80 Å². The Morgan fingerprint density at radius 2 is 1.87 bits per heavy atom. The molecule has 2 aromatic heterocycles. The van der Waals surface area contributed by atoms with Crippen molar-refractivity contribution in [2.45, 2.75) is 39.3 Å². The molecule has 4 rings (SSSR count). The average Bonchev–Trinajstić information content (AvgIpc) is 3.40. The normalized spacial score (nSPS) is 12.1. The van der Waals surface area contributed by atoms with Crippen LogP contribution in [0, 0.1) is 5.82 Å². The highest BCUT2D eigenvalue weighted by Gasteiger charge is 2.12. The summed E-state index contributed by atoms with van der Waals surface area (Å²) in [5.41, 5.74) is 3.67. The van der Waals surface area contributed by atoms with E-state index in [2.05, 4.69) is 40.1 Å². The standard InChI is InChI=1S/C24H25FN4S/c1-18(2)19-8-10-20(11-9-19)27-24-29(14-5-13-28-15-12-26-17-28)23(16-30-24)21-6-3-4-7-22(21)25/h3-4,6-12,15-18H,5,13-14H2,1-2H3. The molecule has 0 radical (unpaired) electrons. The molecule has 0 saturated heterocycles. The summed E-state index contributed by atoms with van der Waals surface area (Å²) in [6, 6.07) is 15.3. The Kier molecular flexibility index (Phi) is 6.23. The average molecular weight is 421 g/mol. The fourth-order valence-corrected chi connectivity index (χ4v) is 4.34. The van der Waals surface area contributed by atoms with E-state index in [0.29, 0.717) is 11.5 Å². The predicted molar refractivity (Wildman–Crippen MR) is 120 cm³/mol. The van der Waals surface area contributed by atoms with E-state index in [1.807, 2.05) is 42.2 Å². The molecule has 0 fully saturated rings. The number of nitrogens with zero attached hydrogens (tertiary/aromatic N) is 4. The van der Waals surface area contributed by atoms with Gasteiger partial charge in [0, 0.05) is 36.4 Å². The number of benzene rings is 2. The maximum atomic E-state index is 14.5. The molecule has 6 heteroatoms. The van der Waals surface area contributed by atoms with E-state index in [-0.39, 0.29) is 5.82 Å². The van der Waals surface area contributed by atoms with Gasteiger partial charge in [-0.1, -0.05) is 38.1 Å². The smallest absolute Gasteiger partial charge is 0.190 e. The van der Waals surface area contributed by atoms with E-state index in [1.54, 1.807) is 23.6 Å². The molecule has 0 bridgehead atoms.